The second-order valence-electron chi connectivity index (χ2n) is 3.33. The third kappa shape index (κ3) is 1.04. The summed E-state index contributed by atoms with van der Waals surface area (Å²) in [5, 5.41) is 5.66. The van der Waals surface area contributed by atoms with Gasteiger partial charge in [0.05, 0.1) is 11.1 Å². The Morgan fingerprint density at radius 1 is 1.55 bits per heavy atom. The van der Waals surface area contributed by atoms with Crippen LogP contribution in [0.2, 0.25) is 0 Å². The Morgan fingerprint density at radius 2 is 2.09 bits per heavy atom. The molecule has 0 aromatic carbocycles. The number of carbonyl (C=O) groups excluding carboxylic acids is 1. The van der Waals surface area contributed by atoms with Crippen molar-refractivity contribution in [3.8, 4) is 0 Å². The van der Waals surface area contributed by atoms with Crippen molar-refractivity contribution in [2.24, 2.45) is 10.5 Å². The van der Waals surface area contributed by atoms with E-state index in [-0.39, 0.29) is 11.3 Å². The molecule has 0 saturated heterocycles. The fraction of sp³-hybridized carbons (Fsp3) is 0.750. The lowest BCUT2D eigenvalue weighted by molar-refractivity contribution is -0.134. The maximum absolute atomic E-state index is 11.5. The maximum Gasteiger partial charge on any atom is 0.254 e. The van der Waals surface area contributed by atoms with Crippen LogP contribution in [0.25, 0.3) is 0 Å². The lowest BCUT2D eigenvalue weighted by Crippen LogP contribution is -2.33. The van der Waals surface area contributed by atoms with E-state index in [1.165, 1.54) is 5.01 Å². The molecule has 62 valence electrons. The van der Waals surface area contributed by atoms with Crippen molar-refractivity contribution in [2.75, 3.05) is 6.54 Å². The van der Waals surface area contributed by atoms with E-state index in [1.807, 2.05) is 27.7 Å². The van der Waals surface area contributed by atoms with Gasteiger partial charge in [0.1, 0.15) is 0 Å². The first-order chi connectivity index (χ1) is 5.00. The van der Waals surface area contributed by atoms with E-state index in [1.54, 1.807) is 0 Å². The highest BCUT2D eigenvalue weighted by Crippen LogP contribution is 2.27. The van der Waals surface area contributed by atoms with Crippen molar-refractivity contribution >= 4 is 11.6 Å². The van der Waals surface area contributed by atoms with E-state index in [4.69, 9.17) is 0 Å². The van der Waals surface area contributed by atoms with Crippen LogP contribution in [0.5, 0.6) is 0 Å². The minimum Gasteiger partial charge on any atom is -0.272 e. The summed E-state index contributed by atoms with van der Waals surface area (Å²) in [6.07, 6.45) is 0. The quantitative estimate of drug-likeness (QED) is 0.559. The van der Waals surface area contributed by atoms with Gasteiger partial charge in [-0.25, -0.2) is 5.01 Å². The lowest BCUT2D eigenvalue weighted by Gasteiger charge is -2.16. The molecule has 1 rings (SSSR count). The molecule has 0 aromatic heterocycles. The Balaban J connectivity index is 2.93. The maximum atomic E-state index is 11.5. The lowest BCUT2D eigenvalue weighted by atomic mass is 9.88. The Hall–Kier alpha value is -0.860. The zero-order chi connectivity index (χ0) is 8.65. The number of hydrogen-bond acceptors (Lipinski definition) is 2. The minimum atomic E-state index is -0.379. The molecular formula is C8H14N2O. The molecule has 11 heavy (non-hydrogen) atoms. The Bertz CT molecular complexity index is 218. The van der Waals surface area contributed by atoms with Crippen LogP contribution < -0.4 is 0 Å². The molecule has 3 heteroatoms. The van der Waals surface area contributed by atoms with Gasteiger partial charge in [-0.05, 0) is 27.7 Å². The van der Waals surface area contributed by atoms with Gasteiger partial charge in [-0.3, -0.25) is 4.79 Å². The molecule has 0 fully saturated rings. The summed E-state index contributed by atoms with van der Waals surface area (Å²) < 4.78 is 0. The third-order valence-corrected chi connectivity index (χ3v) is 2.24. The first-order valence-corrected chi connectivity index (χ1v) is 3.87. The topological polar surface area (TPSA) is 32.7 Å². The molecule has 0 atom stereocenters. The van der Waals surface area contributed by atoms with Gasteiger partial charge in [-0.2, -0.15) is 5.10 Å². The molecule has 0 unspecified atom stereocenters. The highest BCUT2D eigenvalue weighted by molar-refractivity contribution is 6.10. The molecule has 0 spiro atoms. The molecule has 0 aromatic rings. The number of nitrogens with zero attached hydrogens (tertiary/aromatic N) is 2. The molecule has 0 saturated carbocycles. The van der Waals surface area contributed by atoms with Crippen LogP contribution in [0.15, 0.2) is 5.10 Å². The predicted octanol–water partition coefficient (Wildman–Crippen LogP) is 1.25. The van der Waals surface area contributed by atoms with Crippen molar-refractivity contribution < 1.29 is 4.79 Å². The second-order valence-corrected chi connectivity index (χ2v) is 3.33. The zero-order valence-electron chi connectivity index (χ0n) is 7.51. The van der Waals surface area contributed by atoms with Crippen molar-refractivity contribution in [1.82, 2.24) is 5.01 Å². The Morgan fingerprint density at radius 3 is 2.27 bits per heavy atom. The van der Waals surface area contributed by atoms with Gasteiger partial charge in [0.15, 0.2) is 0 Å². The van der Waals surface area contributed by atoms with E-state index in [0.717, 1.165) is 5.71 Å². The van der Waals surface area contributed by atoms with Gasteiger partial charge in [-0.1, -0.05) is 0 Å². The number of amides is 1. The monoisotopic (exact) mass is 154 g/mol. The zero-order valence-corrected chi connectivity index (χ0v) is 7.51. The van der Waals surface area contributed by atoms with E-state index in [0.29, 0.717) is 6.54 Å². The Labute approximate surface area is 67.1 Å². The molecule has 0 bridgehead atoms. The van der Waals surface area contributed by atoms with Crippen molar-refractivity contribution in [3.05, 3.63) is 0 Å². The van der Waals surface area contributed by atoms with E-state index in [9.17, 15) is 4.79 Å². The number of rotatable bonds is 1. The molecule has 0 N–H and O–H groups in total. The highest BCUT2D eigenvalue weighted by atomic mass is 16.2. The summed E-state index contributed by atoms with van der Waals surface area (Å²) in [5.74, 6) is 0.109. The SMILES string of the molecule is CCN1N=C(C)C(C)(C)C1=O. The molecule has 1 amide bonds. The molecular weight excluding hydrogens is 140 g/mol. The average molecular weight is 154 g/mol. The first-order valence-electron chi connectivity index (χ1n) is 3.87. The molecule has 0 aliphatic carbocycles. The first kappa shape index (κ1) is 8.24. The molecule has 3 nitrogen and oxygen atoms in total. The van der Waals surface area contributed by atoms with Gasteiger partial charge in [0.25, 0.3) is 5.91 Å². The fourth-order valence-electron chi connectivity index (χ4n) is 1.04. The van der Waals surface area contributed by atoms with Crippen LogP contribution in [0.1, 0.15) is 27.7 Å². The third-order valence-electron chi connectivity index (χ3n) is 2.24. The van der Waals surface area contributed by atoms with E-state index >= 15 is 0 Å². The smallest absolute Gasteiger partial charge is 0.254 e. The van der Waals surface area contributed by atoms with Gasteiger partial charge in [0.2, 0.25) is 0 Å². The number of hydrogen-bond donors (Lipinski definition) is 0. The van der Waals surface area contributed by atoms with Crippen molar-refractivity contribution in [2.45, 2.75) is 27.7 Å². The van der Waals surface area contributed by atoms with Crippen LogP contribution in [0.4, 0.5) is 0 Å². The summed E-state index contributed by atoms with van der Waals surface area (Å²) in [7, 11) is 0. The van der Waals surface area contributed by atoms with Crippen LogP contribution in [0, 0.1) is 5.41 Å². The van der Waals surface area contributed by atoms with Crippen molar-refractivity contribution in [1.29, 1.82) is 0 Å². The van der Waals surface area contributed by atoms with Gasteiger partial charge < -0.3 is 0 Å². The van der Waals surface area contributed by atoms with Crippen LogP contribution >= 0.6 is 0 Å². The largest absolute Gasteiger partial charge is 0.272 e. The summed E-state index contributed by atoms with van der Waals surface area (Å²) >= 11 is 0. The second kappa shape index (κ2) is 2.32. The molecule has 1 aliphatic heterocycles. The van der Waals surface area contributed by atoms with Gasteiger partial charge in [0, 0.05) is 6.54 Å². The summed E-state index contributed by atoms with van der Waals surface area (Å²) in [4.78, 5) is 11.5. The van der Waals surface area contributed by atoms with Crippen molar-refractivity contribution in [3.63, 3.8) is 0 Å². The summed E-state index contributed by atoms with van der Waals surface area (Å²) in [6, 6.07) is 0. The minimum absolute atomic E-state index is 0.109. The van der Waals surface area contributed by atoms with Crippen LogP contribution in [0.3, 0.4) is 0 Å². The summed E-state index contributed by atoms with van der Waals surface area (Å²) in [5.41, 5.74) is 0.528. The average Bonchev–Trinajstić information content (AvgIpc) is 2.14. The molecule has 0 radical (unpaired) electrons. The van der Waals surface area contributed by atoms with E-state index < -0.39 is 0 Å². The van der Waals surface area contributed by atoms with Crippen LogP contribution in [-0.4, -0.2) is 23.2 Å². The summed E-state index contributed by atoms with van der Waals surface area (Å²) in [6.45, 7) is 8.30. The standard InChI is InChI=1S/C8H14N2O/c1-5-10-7(11)8(3,4)6(2)9-10/h5H2,1-4H3. The highest BCUT2D eigenvalue weighted by Gasteiger charge is 2.39. The molecule has 1 heterocycles. The van der Waals surface area contributed by atoms with Crippen LogP contribution in [-0.2, 0) is 4.79 Å². The van der Waals surface area contributed by atoms with Gasteiger partial charge in [-0.15, -0.1) is 0 Å². The number of carbonyl (C=O) groups is 1. The van der Waals surface area contributed by atoms with E-state index in [2.05, 4.69) is 5.10 Å². The van der Waals surface area contributed by atoms with Gasteiger partial charge >= 0.3 is 0 Å². The normalized spacial score (nSPS) is 22.4. The fourth-order valence-corrected chi connectivity index (χ4v) is 1.04. The number of hydrazone groups is 1. The molecule has 1 aliphatic rings. The Kier molecular flexibility index (Phi) is 1.74. The predicted molar refractivity (Wildman–Crippen MR) is 44.3 cm³/mol.